The number of rotatable bonds is 5. The van der Waals surface area contributed by atoms with Crippen LogP contribution >= 0.6 is 0 Å². The van der Waals surface area contributed by atoms with Crippen molar-refractivity contribution in [3.8, 4) is 0 Å². The van der Waals surface area contributed by atoms with Crippen LogP contribution in [0, 0.1) is 0 Å². The Morgan fingerprint density at radius 2 is 2.19 bits per heavy atom. The summed E-state index contributed by atoms with van der Waals surface area (Å²) in [5.41, 5.74) is 9.80. The molecule has 0 fully saturated rings. The average molecular weight is 222 g/mol. The molecule has 16 heavy (non-hydrogen) atoms. The molecule has 4 nitrogen and oxygen atoms in total. The van der Waals surface area contributed by atoms with Crippen molar-refractivity contribution in [3.63, 3.8) is 0 Å². The van der Waals surface area contributed by atoms with Gasteiger partial charge in [0, 0.05) is 13.1 Å². The quantitative estimate of drug-likeness (QED) is 0.776. The molecule has 0 aliphatic heterocycles. The minimum Gasteiger partial charge on any atom is -0.329 e. The van der Waals surface area contributed by atoms with Crippen molar-refractivity contribution in [2.45, 2.75) is 45.7 Å². The minimum atomic E-state index is 0.666. The standard InChI is InChI=1S/C12H22N4/c1-2-14-9-12-10-5-3-4-6-11(10)15-16(12)8-7-13/h14H,2-9,13H2,1H3. The van der Waals surface area contributed by atoms with Gasteiger partial charge in [0.1, 0.15) is 0 Å². The number of nitrogens with one attached hydrogen (secondary N) is 1. The molecule has 0 spiro atoms. The number of aromatic nitrogens is 2. The van der Waals surface area contributed by atoms with E-state index >= 15 is 0 Å². The van der Waals surface area contributed by atoms with Gasteiger partial charge < -0.3 is 11.1 Å². The lowest BCUT2D eigenvalue weighted by atomic mass is 9.96. The highest BCUT2D eigenvalue weighted by Gasteiger charge is 2.19. The maximum atomic E-state index is 5.63. The fourth-order valence-electron chi connectivity index (χ4n) is 2.42. The molecule has 4 heteroatoms. The van der Waals surface area contributed by atoms with Crippen LogP contribution in [0.5, 0.6) is 0 Å². The maximum absolute atomic E-state index is 5.63. The van der Waals surface area contributed by atoms with Crippen LogP contribution in [0.2, 0.25) is 0 Å². The van der Waals surface area contributed by atoms with Crippen LogP contribution < -0.4 is 11.1 Å². The molecule has 0 saturated carbocycles. The zero-order valence-electron chi connectivity index (χ0n) is 10.1. The molecular formula is C12H22N4. The van der Waals surface area contributed by atoms with E-state index in [-0.39, 0.29) is 0 Å². The predicted molar refractivity (Wildman–Crippen MR) is 65.3 cm³/mol. The monoisotopic (exact) mass is 222 g/mol. The van der Waals surface area contributed by atoms with E-state index in [9.17, 15) is 0 Å². The Morgan fingerprint density at radius 1 is 1.38 bits per heavy atom. The Kier molecular flexibility index (Phi) is 3.96. The normalized spacial score (nSPS) is 15.1. The molecular weight excluding hydrogens is 200 g/mol. The zero-order chi connectivity index (χ0) is 11.4. The van der Waals surface area contributed by atoms with Crippen LogP contribution in [0.1, 0.15) is 36.7 Å². The van der Waals surface area contributed by atoms with Gasteiger partial charge >= 0.3 is 0 Å². The number of nitrogens with two attached hydrogens (primary N) is 1. The topological polar surface area (TPSA) is 55.9 Å². The van der Waals surface area contributed by atoms with Gasteiger partial charge in [-0.1, -0.05) is 6.92 Å². The van der Waals surface area contributed by atoms with Gasteiger partial charge in [0.2, 0.25) is 0 Å². The van der Waals surface area contributed by atoms with Gasteiger partial charge in [-0.15, -0.1) is 0 Å². The maximum Gasteiger partial charge on any atom is 0.0660 e. The molecule has 1 aromatic heterocycles. The summed E-state index contributed by atoms with van der Waals surface area (Å²) in [6.45, 7) is 5.57. The number of nitrogens with zero attached hydrogens (tertiary/aromatic N) is 2. The van der Waals surface area contributed by atoms with Crippen molar-refractivity contribution in [2.75, 3.05) is 13.1 Å². The van der Waals surface area contributed by atoms with Crippen molar-refractivity contribution in [1.29, 1.82) is 0 Å². The van der Waals surface area contributed by atoms with E-state index in [0.29, 0.717) is 6.54 Å². The van der Waals surface area contributed by atoms with Gasteiger partial charge in [-0.05, 0) is 37.8 Å². The van der Waals surface area contributed by atoms with Crippen LogP contribution in [0.4, 0.5) is 0 Å². The van der Waals surface area contributed by atoms with Gasteiger partial charge in [-0.3, -0.25) is 4.68 Å². The SMILES string of the molecule is CCNCc1c2c(nn1CCN)CCCC2. The molecule has 1 aliphatic rings. The molecule has 0 amide bonds. The third kappa shape index (κ3) is 2.28. The van der Waals surface area contributed by atoms with E-state index < -0.39 is 0 Å². The molecule has 1 aliphatic carbocycles. The summed E-state index contributed by atoms with van der Waals surface area (Å²) < 4.78 is 2.11. The van der Waals surface area contributed by atoms with Crippen LogP contribution in [-0.2, 0) is 25.9 Å². The minimum absolute atomic E-state index is 0.666. The van der Waals surface area contributed by atoms with Crippen molar-refractivity contribution >= 4 is 0 Å². The van der Waals surface area contributed by atoms with Crippen molar-refractivity contribution in [1.82, 2.24) is 15.1 Å². The summed E-state index contributed by atoms with van der Waals surface area (Å²) in [6, 6.07) is 0. The fraction of sp³-hybridized carbons (Fsp3) is 0.750. The summed E-state index contributed by atoms with van der Waals surface area (Å²) >= 11 is 0. The first-order valence-corrected chi connectivity index (χ1v) is 6.35. The van der Waals surface area contributed by atoms with E-state index in [0.717, 1.165) is 26.1 Å². The molecule has 1 aromatic rings. The van der Waals surface area contributed by atoms with Crippen LogP contribution in [0.25, 0.3) is 0 Å². The highest BCUT2D eigenvalue weighted by Crippen LogP contribution is 2.23. The number of hydrogen-bond donors (Lipinski definition) is 2. The summed E-state index contributed by atoms with van der Waals surface area (Å²) in [6.07, 6.45) is 4.93. The molecule has 1 heterocycles. The molecule has 0 bridgehead atoms. The second-order valence-electron chi connectivity index (χ2n) is 4.37. The van der Waals surface area contributed by atoms with Gasteiger partial charge in [-0.25, -0.2) is 0 Å². The Hall–Kier alpha value is -0.870. The molecule has 0 radical (unpaired) electrons. The van der Waals surface area contributed by atoms with Gasteiger partial charge in [0.15, 0.2) is 0 Å². The van der Waals surface area contributed by atoms with Crippen LogP contribution in [-0.4, -0.2) is 22.9 Å². The lowest BCUT2D eigenvalue weighted by Gasteiger charge is -2.12. The Labute approximate surface area is 97.2 Å². The molecule has 0 unspecified atom stereocenters. The molecule has 0 saturated heterocycles. The summed E-state index contributed by atoms with van der Waals surface area (Å²) in [4.78, 5) is 0. The van der Waals surface area contributed by atoms with E-state index in [1.165, 1.54) is 36.2 Å². The lowest BCUT2D eigenvalue weighted by molar-refractivity contribution is 0.564. The zero-order valence-corrected chi connectivity index (χ0v) is 10.1. The van der Waals surface area contributed by atoms with Gasteiger partial charge in [-0.2, -0.15) is 5.10 Å². The highest BCUT2D eigenvalue weighted by molar-refractivity contribution is 5.28. The molecule has 90 valence electrons. The smallest absolute Gasteiger partial charge is 0.0660 e. The second-order valence-corrected chi connectivity index (χ2v) is 4.37. The van der Waals surface area contributed by atoms with Crippen molar-refractivity contribution in [2.24, 2.45) is 5.73 Å². The van der Waals surface area contributed by atoms with E-state index in [4.69, 9.17) is 10.8 Å². The first kappa shape index (κ1) is 11.6. The van der Waals surface area contributed by atoms with Crippen LogP contribution in [0.15, 0.2) is 0 Å². The second kappa shape index (κ2) is 5.46. The Balaban J connectivity index is 2.24. The highest BCUT2D eigenvalue weighted by atomic mass is 15.3. The molecule has 2 rings (SSSR count). The molecule has 0 atom stereocenters. The van der Waals surface area contributed by atoms with Gasteiger partial charge in [0.05, 0.1) is 17.9 Å². The molecule has 0 aromatic carbocycles. The largest absolute Gasteiger partial charge is 0.329 e. The summed E-state index contributed by atoms with van der Waals surface area (Å²) in [7, 11) is 0. The van der Waals surface area contributed by atoms with E-state index in [2.05, 4.69) is 16.9 Å². The van der Waals surface area contributed by atoms with E-state index in [1.807, 2.05) is 0 Å². The van der Waals surface area contributed by atoms with Crippen molar-refractivity contribution < 1.29 is 0 Å². The summed E-state index contributed by atoms with van der Waals surface area (Å²) in [5.74, 6) is 0. The van der Waals surface area contributed by atoms with E-state index in [1.54, 1.807) is 0 Å². The Bertz CT molecular complexity index is 343. The van der Waals surface area contributed by atoms with Crippen molar-refractivity contribution in [3.05, 3.63) is 17.0 Å². The molecule has 3 N–H and O–H groups in total. The third-order valence-corrected chi connectivity index (χ3v) is 3.22. The van der Waals surface area contributed by atoms with Crippen LogP contribution in [0.3, 0.4) is 0 Å². The number of fused-ring (bicyclic) bond motifs is 1. The van der Waals surface area contributed by atoms with Gasteiger partial charge in [0.25, 0.3) is 0 Å². The third-order valence-electron chi connectivity index (χ3n) is 3.22. The first-order valence-electron chi connectivity index (χ1n) is 6.35. The fourth-order valence-corrected chi connectivity index (χ4v) is 2.42. The number of hydrogen-bond acceptors (Lipinski definition) is 3. The lowest BCUT2D eigenvalue weighted by Crippen LogP contribution is -2.20. The average Bonchev–Trinajstić information content (AvgIpc) is 2.65. The predicted octanol–water partition coefficient (Wildman–Crippen LogP) is 0.830. The Morgan fingerprint density at radius 3 is 2.94 bits per heavy atom. The first-order chi connectivity index (χ1) is 7.86. The number of aryl methyl sites for hydroxylation is 1. The summed E-state index contributed by atoms with van der Waals surface area (Å²) in [5, 5.41) is 8.09.